The van der Waals surface area contributed by atoms with Crippen LogP contribution in [0.15, 0.2) is 24.4 Å². The number of aliphatic carboxylic acids is 1. The number of carbonyl (C=O) groups is 2. The van der Waals surface area contributed by atoms with Crippen molar-refractivity contribution in [1.82, 2.24) is 10.3 Å². The number of aromatic nitrogens is 1. The van der Waals surface area contributed by atoms with Crippen molar-refractivity contribution in [3.8, 4) is 0 Å². The number of benzene rings is 1. The summed E-state index contributed by atoms with van der Waals surface area (Å²) in [5.41, 5.74) is 2.46. The normalized spacial score (nSPS) is 12.0. The van der Waals surface area contributed by atoms with Gasteiger partial charge in [0, 0.05) is 0 Å². The van der Waals surface area contributed by atoms with Gasteiger partial charge in [-0.25, -0.2) is 9.78 Å². The summed E-state index contributed by atoms with van der Waals surface area (Å²) in [6.45, 7) is 5.82. The topological polar surface area (TPSA) is 79.3 Å². The van der Waals surface area contributed by atoms with E-state index >= 15 is 0 Å². The van der Waals surface area contributed by atoms with Crippen molar-refractivity contribution < 1.29 is 14.7 Å². The molecule has 1 heterocycles. The number of carbonyl (C=O) groups excluding carboxylic acids is 1. The van der Waals surface area contributed by atoms with Crippen molar-refractivity contribution in [1.29, 1.82) is 0 Å². The van der Waals surface area contributed by atoms with Crippen LogP contribution in [0.3, 0.4) is 0 Å². The minimum absolute atomic E-state index is 0.404. The zero-order valence-corrected chi connectivity index (χ0v) is 14.2. The summed E-state index contributed by atoms with van der Waals surface area (Å²) in [6, 6.07) is 4.38. The van der Waals surface area contributed by atoms with Crippen LogP contribution in [0.25, 0.3) is 0 Å². The van der Waals surface area contributed by atoms with Gasteiger partial charge >= 0.3 is 5.97 Å². The molecule has 1 atom stereocenters. The van der Waals surface area contributed by atoms with Gasteiger partial charge in [0.25, 0.3) is 5.91 Å². The van der Waals surface area contributed by atoms with Crippen molar-refractivity contribution in [2.45, 2.75) is 39.7 Å². The molecule has 23 heavy (non-hydrogen) atoms. The van der Waals surface area contributed by atoms with Crippen molar-refractivity contribution in [3.05, 3.63) is 51.0 Å². The molecule has 0 saturated heterocycles. The highest BCUT2D eigenvalue weighted by Crippen LogP contribution is 2.22. The zero-order chi connectivity index (χ0) is 17.0. The fourth-order valence-electron chi connectivity index (χ4n) is 2.31. The molecule has 1 amide bonds. The summed E-state index contributed by atoms with van der Waals surface area (Å²) >= 11 is 1.31. The van der Waals surface area contributed by atoms with Gasteiger partial charge in [-0.15, -0.1) is 11.3 Å². The highest BCUT2D eigenvalue weighted by atomic mass is 32.1. The molecule has 0 radical (unpaired) electrons. The summed E-state index contributed by atoms with van der Waals surface area (Å²) in [5, 5.41) is 13.0. The van der Waals surface area contributed by atoms with Crippen molar-refractivity contribution in [3.63, 3.8) is 0 Å². The number of nitrogens with one attached hydrogen (secondary N) is 1. The lowest BCUT2D eigenvalue weighted by Crippen LogP contribution is -2.33. The second-order valence-electron chi connectivity index (χ2n) is 5.40. The number of hydrogen-bond acceptors (Lipinski definition) is 4. The molecular weight excluding hydrogens is 312 g/mol. The Morgan fingerprint density at radius 3 is 2.74 bits per heavy atom. The average molecular weight is 332 g/mol. The van der Waals surface area contributed by atoms with Crippen molar-refractivity contribution >= 4 is 23.2 Å². The molecule has 1 aromatic carbocycles. The minimum atomic E-state index is -1.08. The first-order valence-corrected chi connectivity index (χ1v) is 8.30. The first-order chi connectivity index (χ1) is 10.9. The monoisotopic (exact) mass is 332 g/mol. The Morgan fingerprint density at radius 2 is 2.09 bits per heavy atom. The maximum absolute atomic E-state index is 12.3. The van der Waals surface area contributed by atoms with Crippen molar-refractivity contribution in [2.24, 2.45) is 0 Å². The van der Waals surface area contributed by atoms with Crippen molar-refractivity contribution in [2.75, 3.05) is 0 Å². The molecule has 1 aromatic heterocycles. The number of amides is 1. The standard InChI is InChI=1S/C17H20N2O3S/c1-4-6-14-18-9-13(23-14)16(20)19-15(17(21)22)12-8-5-7-10(2)11(12)3/h5,7-9,15H,4,6H2,1-3H3,(H,19,20)(H,21,22). The second-order valence-corrected chi connectivity index (χ2v) is 6.52. The van der Waals surface area contributed by atoms with Crippen LogP contribution in [0.1, 0.15) is 50.8 Å². The number of carboxylic acids is 1. The van der Waals surface area contributed by atoms with Crippen LogP contribution in [0.4, 0.5) is 0 Å². The van der Waals surface area contributed by atoms with E-state index in [1.807, 2.05) is 26.8 Å². The number of thiazole rings is 1. The van der Waals surface area contributed by atoms with Gasteiger partial charge in [0.05, 0.1) is 11.2 Å². The molecule has 0 fully saturated rings. The maximum atomic E-state index is 12.3. The molecule has 0 aliphatic rings. The quantitative estimate of drug-likeness (QED) is 0.851. The number of rotatable bonds is 6. The molecule has 0 aliphatic heterocycles. The highest BCUT2D eigenvalue weighted by Gasteiger charge is 2.25. The number of carboxylic acid groups (broad SMARTS) is 1. The van der Waals surface area contributed by atoms with Gasteiger partial charge in [-0.2, -0.15) is 0 Å². The van der Waals surface area contributed by atoms with Gasteiger partial charge in [0.2, 0.25) is 0 Å². The molecule has 6 heteroatoms. The van der Waals surface area contributed by atoms with E-state index in [0.717, 1.165) is 29.0 Å². The number of nitrogens with zero attached hydrogens (tertiary/aromatic N) is 1. The van der Waals surface area contributed by atoms with Gasteiger partial charge in [-0.1, -0.05) is 25.1 Å². The molecule has 0 aliphatic carbocycles. The molecule has 0 bridgehead atoms. The fourth-order valence-corrected chi connectivity index (χ4v) is 3.23. The largest absolute Gasteiger partial charge is 0.479 e. The van der Waals surface area contributed by atoms with Gasteiger partial charge in [0.1, 0.15) is 4.88 Å². The third kappa shape index (κ3) is 3.96. The molecule has 5 nitrogen and oxygen atoms in total. The van der Waals surface area contributed by atoms with E-state index in [2.05, 4.69) is 10.3 Å². The summed E-state index contributed by atoms with van der Waals surface area (Å²) in [6.07, 6.45) is 3.28. The Balaban J connectivity index is 2.23. The zero-order valence-electron chi connectivity index (χ0n) is 13.4. The third-order valence-corrected chi connectivity index (χ3v) is 4.78. The number of aryl methyl sites for hydroxylation is 2. The summed E-state index contributed by atoms with van der Waals surface area (Å²) in [5.74, 6) is -1.48. The van der Waals surface area contributed by atoms with Gasteiger partial charge in [-0.3, -0.25) is 4.79 Å². The van der Waals surface area contributed by atoms with Crippen LogP contribution >= 0.6 is 11.3 Å². The van der Waals surface area contributed by atoms with Crippen LogP contribution in [-0.4, -0.2) is 22.0 Å². The smallest absolute Gasteiger partial charge is 0.330 e. The molecule has 2 rings (SSSR count). The lowest BCUT2D eigenvalue weighted by atomic mass is 9.97. The molecular formula is C17H20N2O3S. The predicted molar refractivity (Wildman–Crippen MR) is 89.9 cm³/mol. The minimum Gasteiger partial charge on any atom is -0.479 e. The maximum Gasteiger partial charge on any atom is 0.330 e. The second kappa shape index (κ2) is 7.37. The molecule has 122 valence electrons. The Kier molecular flexibility index (Phi) is 5.50. The Hall–Kier alpha value is -2.21. The average Bonchev–Trinajstić information content (AvgIpc) is 2.97. The Bertz CT molecular complexity index is 724. The molecule has 2 N–H and O–H groups in total. The van der Waals surface area contributed by atoms with Crippen LogP contribution < -0.4 is 5.32 Å². The van der Waals surface area contributed by atoms with Crippen LogP contribution in [0.2, 0.25) is 0 Å². The lowest BCUT2D eigenvalue weighted by Gasteiger charge is -2.17. The summed E-state index contributed by atoms with van der Waals surface area (Å²) < 4.78 is 0. The van der Waals surface area contributed by atoms with E-state index in [9.17, 15) is 14.7 Å². The lowest BCUT2D eigenvalue weighted by molar-refractivity contribution is -0.139. The predicted octanol–water partition coefficient (Wildman–Crippen LogP) is 3.27. The summed E-state index contributed by atoms with van der Waals surface area (Å²) in [4.78, 5) is 28.6. The highest BCUT2D eigenvalue weighted by molar-refractivity contribution is 7.13. The fraction of sp³-hybridized carbons (Fsp3) is 0.353. The van der Waals surface area contributed by atoms with Gasteiger partial charge < -0.3 is 10.4 Å². The van der Waals surface area contributed by atoms with Crippen LogP contribution in [0, 0.1) is 13.8 Å². The van der Waals surface area contributed by atoms with E-state index in [1.54, 1.807) is 12.1 Å². The SMILES string of the molecule is CCCc1ncc(C(=O)NC(C(=O)O)c2cccc(C)c2C)s1. The Morgan fingerprint density at radius 1 is 1.35 bits per heavy atom. The molecule has 0 spiro atoms. The molecule has 0 saturated carbocycles. The first-order valence-electron chi connectivity index (χ1n) is 7.48. The van der Waals surface area contributed by atoms with Gasteiger partial charge in [0.15, 0.2) is 6.04 Å². The molecule has 1 unspecified atom stereocenters. The third-order valence-electron chi connectivity index (χ3n) is 3.72. The van der Waals surface area contributed by atoms with E-state index in [0.29, 0.717) is 10.4 Å². The van der Waals surface area contributed by atoms with E-state index in [1.165, 1.54) is 17.5 Å². The van der Waals surface area contributed by atoms with E-state index in [-0.39, 0.29) is 0 Å². The van der Waals surface area contributed by atoms with Crippen LogP contribution in [-0.2, 0) is 11.2 Å². The van der Waals surface area contributed by atoms with E-state index < -0.39 is 17.9 Å². The van der Waals surface area contributed by atoms with Crippen LogP contribution in [0.5, 0.6) is 0 Å². The summed E-state index contributed by atoms with van der Waals surface area (Å²) in [7, 11) is 0. The molecule has 2 aromatic rings. The van der Waals surface area contributed by atoms with Gasteiger partial charge in [-0.05, 0) is 43.4 Å². The number of hydrogen-bond donors (Lipinski definition) is 2. The Labute approximate surface area is 139 Å². The van der Waals surface area contributed by atoms with E-state index in [4.69, 9.17) is 0 Å². The first kappa shape index (κ1) is 17.1.